The van der Waals surface area contributed by atoms with Gasteiger partial charge < -0.3 is 10.4 Å². The fourth-order valence-corrected chi connectivity index (χ4v) is 9.37. The van der Waals surface area contributed by atoms with Gasteiger partial charge in [0.2, 0.25) is 5.91 Å². The Morgan fingerprint density at radius 3 is 2.54 bits per heavy atom. The van der Waals surface area contributed by atoms with Crippen LogP contribution in [0.15, 0.2) is 24.4 Å². The average molecular weight is 483 g/mol. The first-order chi connectivity index (χ1) is 16.7. The molecular weight excluding hydrogens is 432 g/mol. The number of hydrogen-bond donors (Lipinski definition) is 2. The third-order valence-electron chi connectivity index (χ3n) is 11.0. The fraction of sp³-hybridized carbons (Fsp3) is 0.806. The van der Waals surface area contributed by atoms with E-state index in [4.69, 9.17) is 0 Å². The summed E-state index contributed by atoms with van der Waals surface area (Å²) < 4.78 is 0. The molecule has 3 aliphatic carbocycles. The first-order valence-corrected chi connectivity index (χ1v) is 14.6. The number of rotatable bonds is 6. The molecule has 7 unspecified atom stereocenters. The minimum Gasteiger partial charge on any atom is -0.393 e. The lowest BCUT2D eigenvalue weighted by atomic mass is 9.42. The Bertz CT molecular complexity index is 855. The molecule has 0 saturated heterocycles. The fourth-order valence-electron chi connectivity index (χ4n) is 9.37. The molecule has 4 rings (SSSR count). The zero-order chi connectivity index (χ0) is 25.3. The van der Waals surface area contributed by atoms with Crippen molar-refractivity contribution in [1.82, 2.24) is 10.3 Å². The van der Waals surface area contributed by atoms with Crippen LogP contribution >= 0.6 is 0 Å². The molecule has 0 aromatic carbocycles. The van der Waals surface area contributed by atoms with Crippen molar-refractivity contribution in [3.8, 4) is 0 Å². The molecule has 0 spiro atoms. The molecule has 7 atom stereocenters. The van der Waals surface area contributed by atoms with Crippen molar-refractivity contribution in [1.29, 1.82) is 0 Å². The minimum absolute atomic E-state index is 0.0331. The number of aliphatic hydroxyl groups excluding tert-OH is 1. The Morgan fingerprint density at radius 1 is 1.09 bits per heavy atom. The van der Waals surface area contributed by atoms with E-state index in [1.165, 1.54) is 25.7 Å². The number of aromatic nitrogens is 1. The van der Waals surface area contributed by atoms with E-state index >= 15 is 0 Å². The zero-order valence-electron chi connectivity index (χ0n) is 23.0. The number of amides is 1. The van der Waals surface area contributed by atoms with Gasteiger partial charge in [-0.15, -0.1) is 0 Å². The van der Waals surface area contributed by atoms with Crippen LogP contribution in [0.4, 0.5) is 0 Å². The molecule has 3 fully saturated rings. The number of aliphatic hydroxyl groups is 1. The average Bonchev–Trinajstić information content (AvgIpc) is 2.84. The Labute approximate surface area is 214 Å². The molecule has 1 aromatic rings. The van der Waals surface area contributed by atoms with Crippen LogP contribution in [-0.4, -0.2) is 22.1 Å². The summed E-state index contributed by atoms with van der Waals surface area (Å²) in [5, 5.41) is 14.3. The number of pyridine rings is 1. The van der Waals surface area contributed by atoms with E-state index in [-0.39, 0.29) is 28.3 Å². The Kier molecular flexibility index (Phi) is 8.01. The summed E-state index contributed by atoms with van der Waals surface area (Å²) >= 11 is 0. The molecule has 1 amide bonds. The van der Waals surface area contributed by atoms with Crippen molar-refractivity contribution in [2.45, 2.75) is 118 Å². The number of carbonyl (C=O) groups is 1. The Morgan fingerprint density at radius 2 is 1.86 bits per heavy atom. The van der Waals surface area contributed by atoms with Crippen molar-refractivity contribution >= 4 is 5.91 Å². The van der Waals surface area contributed by atoms with Crippen LogP contribution in [0.25, 0.3) is 0 Å². The SMILES string of the molecule is CCCC1(C(=O)NCc2ccccn2)CCC2C(CCCCC3C(C)(C)C(O)CCC23C)C1CC. The summed E-state index contributed by atoms with van der Waals surface area (Å²) in [4.78, 5) is 18.4. The lowest BCUT2D eigenvalue weighted by molar-refractivity contribution is -0.170. The predicted octanol–water partition coefficient (Wildman–Crippen LogP) is 6.91. The molecule has 3 saturated carbocycles. The summed E-state index contributed by atoms with van der Waals surface area (Å²) in [6, 6.07) is 5.91. The molecule has 4 heteroatoms. The number of nitrogens with one attached hydrogen (secondary N) is 1. The van der Waals surface area contributed by atoms with Gasteiger partial charge in [0.15, 0.2) is 0 Å². The van der Waals surface area contributed by atoms with Gasteiger partial charge in [-0.25, -0.2) is 0 Å². The Hall–Kier alpha value is -1.42. The van der Waals surface area contributed by atoms with Crippen LogP contribution in [0.5, 0.6) is 0 Å². The topological polar surface area (TPSA) is 62.2 Å². The molecule has 4 nitrogen and oxygen atoms in total. The molecule has 0 bridgehead atoms. The molecule has 1 aromatic heterocycles. The summed E-state index contributed by atoms with van der Waals surface area (Å²) in [6.45, 7) is 12.3. The predicted molar refractivity (Wildman–Crippen MR) is 143 cm³/mol. The normalized spacial score (nSPS) is 39.0. The molecule has 35 heavy (non-hydrogen) atoms. The second kappa shape index (κ2) is 10.5. The minimum atomic E-state index is -0.270. The van der Waals surface area contributed by atoms with Gasteiger partial charge in [0, 0.05) is 6.20 Å². The van der Waals surface area contributed by atoms with Crippen LogP contribution < -0.4 is 5.32 Å². The molecule has 196 valence electrons. The summed E-state index contributed by atoms with van der Waals surface area (Å²) in [5.74, 6) is 2.49. The number of carbonyl (C=O) groups excluding carboxylic acids is 1. The van der Waals surface area contributed by atoms with Crippen LogP contribution in [-0.2, 0) is 11.3 Å². The smallest absolute Gasteiger partial charge is 0.226 e. The summed E-state index contributed by atoms with van der Waals surface area (Å²) in [7, 11) is 0. The van der Waals surface area contributed by atoms with E-state index in [1.54, 1.807) is 6.20 Å². The third-order valence-corrected chi connectivity index (χ3v) is 11.0. The largest absolute Gasteiger partial charge is 0.393 e. The van der Waals surface area contributed by atoms with E-state index in [0.717, 1.165) is 50.6 Å². The number of hydrogen-bond acceptors (Lipinski definition) is 3. The second-order valence-electron chi connectivity index (χ2n) is 13.0. The van der Waals surface area contributed by atoms with Crippen molar-refractivity contribution in [2.75, 3.05) is 0 Å². The molecule has 0 aliphatic heterocycles. The summed E-state index contributed by atoms with van der Waals surface area (Å²) in [5.41, 5.74) is 0.880. The lowest BCUT2D eigenvalue weighted by Gasteiger charge is -2.62. The molecule has 3 aliphatic rings. The quantitative estimate of drug-likeness (QED) is 0.463. The zero-order valence-corrected chi connectivity index (χ0v) is 23.0. The van der Waals surface area contributed by atoms with Gasteiger partial charge in [0.25, 0.3) is 0 Å². The lowest BCUT2D eigenvalue weighted by Crippen LogP contribution is -2.59. The molecule has 1 heterocycles. The first-order valence-electron chi connectivity index (χ1n) is 14.6. The van der Waals surface area contributed by atoms with E-state index in [2.05, 4.69) is 44.9 Å². The summed E-state index contributed by atoms with van der Waals surface area (Å²) in [6.07, 6.45) is 13.9. The highest BCUT2D eigenvalue weighted by Crippen LogP contribution is 2.65. The first kappa shape index (κ1) is 26.6. The van der Waals surface area contributed by atoms with Crippen LogP contribution in [0.2, 0.25) is 0 Å². The third kappa shape index (κ3) is 4.69. The molecule has 0 radical (unpaired) electrons. The monoisotopic (exact) mass is 482 g/mol. The van der Waals surface area contributed by atoms with Crippen molar-refractivity contribution < 1.29 is 9.90 Å². The van der Waals surface area contributed by atoms with Gasteiger partial charge in [0.05, 0.1) is 23.8 Å². The van der Waals surface area contributed by atoms with Gasteiger partial charge in [-0.3, -0.25) is 9.78 Å². The molecular formula is C31H50N2O2. The van der Waals surface area contributed by atoms with Crippen LogP contribution in [0.3, 0.4) is 0 Å². The highest BCUT2D eigenvalue weighted by atomic mass is 16.3. The maximum absolute atomic E-state index is 14.0. The second-order valence-corrected chi connectivity index (χ2v) is 13.0. The van der Waals surface area contributed by atoms with E-state index in [1.807, 2.05) is 18.2 Å². The standard InChI is InChI=1S/C31H50N2O2/c1-6-17-31(28(35)33-21-22-12-10-11-20-32-22)19-15-25-23(24(31)7-2)13-8-9-14-26-29(3,4)27(34)16-18-30(25,26)5/h10-12,20,23-27,34H,6-9,13-19,21H2,1-5H3,(H,33,35). The number of nitrogens with zero attached hydrogens (tertiary/aromatic N) is 1. The van der Waals surface area contributed by atoms with Crippen molar-refractivity contribution in [2.24, 2.45) is 39.9 Å². The van der Waals surface area contributed by atoms with Gasteiger partial charge >= 0.3 is 0 Å². The van der Waals surface area contributed by atoms with Gasteiger partial charge in [0.1, 0.15) is 0 Å². The van der Waals surface area contributed by atoms with Crippen LogP contribution in [0.1, 0.15) is 111 Å². The molecule has 2 N–H and O–H groups in total. The maximum atomic E-state index is 14.0. The maximum Gasteiger partial charge on any atom is 0.226 e. The highest BCUT2D eigenvalue weighted by Gasteiger charge is 2.60. The Balaban J connectivity index is 1.64. The van der Waals surface area contributed by atoms with Gasteiger partial charge in [-0.05, 0) is 91.6 Å². The van der Waals surface area contributed by atoms with Gasteiger partial charge in [-0.1, -0.05) is 66.4 Å². The number of fused-ring (bicyclic) bond motifs is 3. The van der Waals surface area contributed by atoms with E-state index in [9.17, 15) is 9.90 Å². The van der Waals surface area contributed by atoms with Crippen LogP contribution in [0, 0.1) is 39.9 Å². The van der Waals surface area contributed by atoms with E-state index < -0.39 is 0 Å². The highest BCUT2D eigenvalue weighted by molar-refractivity contribution is 5.83. The van der Waals surface area contributed by atoms with Gasteiger partial charge in [-0.2, -0.15) is 0 Å². The van der Waals surface area contributed by atoms with E-state index in [0.29, 0.717) is 30.2 Å². The van der Waals surface area contributed by atoms with Crippen molar-refractivity contribution in [3.05, 3.63) is 30.1 Å². The van der Waals surface area contributed by atoms with Crippen molar-refractivity contribution in [3.63, 3.8) is 0 Å².